The molecule has 2 aromatic rings. The van der Waals surface area contributed by atoms with Crippen LogP contribution in [0.25, 0.3) is 5.76 Å². The first-order valence-electron chi connectivity index (χ1n) is 11.2. The van der Waals surface area contributed by atoms with Crippen molar-refractivity contribution < 1.29 is 29.0 Å². The number of carbonyl (C=O) groups is 3. The van der Waals surface area contributed by atoms with E-state index in [0.717, 1.165) is 30.6 Å². The van der Waals surface area contributed by atoms with Gasteiger partial charge in [0.15, 0.2) is 0 Å². The van der Waals surface area contributed by atoms with Crippen molar-refractivity contribution in [2.75, 3.05) is 13.2 Å². The molecule has 172 valence electrons. The van der Waals surface area contributed by atoms with Crippen molar-refractivity contribution >= 4 is 23.4 Å². The van der Waals surface area contributed by atoms with Crippen LogP contribution in [0.15, 0.2) is 48.0 Å². The summed E-state index contributed by atoms with van der Waals surface area (Å²) in [6.45, 7) is 4.33. The molecule has 2 aromatic carbocycles. The standard InChI is InChI=1S/C26H27NO6/c1-3-4-12-27-23(18-7-5-9-20(15-18)33-16(2)28)22(25(30)26(27)31)24(29)19-10-11-21-17(14-19)8-6-13-32-21/h5,7,9-11,14-15,23,29H,3-4,6,8,12-13H2,1-2H3/b24-22-. The molecule has 2 heterocycles. The maximum Gasteiger partial charge on any atom is 0.308 e. The number of fused-ring (bicyclic) bond motifs is 1. The number of hydrogen-bond donors (Lipinski definition) is 1. The summed E-state index contributed by atoms with van der Waals surface area (Å²) >= 11 is 0. The zero-order valence-electron chi connectivity index (χ0n) is 18.8. The summed E-state index contributed by atoms with van der Waals surface area (Å²) < 4.78 is 10.9. The largest absolute Gasteiger partial charge is 0.507 e. The number of amides is 1. The second-order valence-electron chi connectivity index (χ2n) is 8.29. The number of ether oxygens (including phenoxy) is 2. The molecular weight excluding hydrogens is 422 g/mol. The van der Waals surface area contributed by atoms with Crippen molar-refractivity contribution in [1.82, 2.24) is 4.90 Å². The Morgan fingerprint density at radius 3 is 2.79 bits per heavy atom. The SMILES string of the molecule is CCCCN1C(=O)C(=O)/C(=C(\O)c2ccc3c(c2)CCCO3)C1c1cccc(OC(C)=O)c1. The van der Waals surface area contributed by atoms with Gasteiger partial charge in [-0.25, -0.2) is 0 Å². The molecule has 1 amide bonds. The maximum atomic E-state index is 13.1. The van der Waals surface area contributed by atoms with Gasteiger partial charge in [-0.05, 0) is 60.7 Å². The van der Waals surface area contributed by atoms with Crippen LogP contribution in [0.1, 0.15) is 55.8 Å². The molecule has 0 aromatic heterocycles. The van der Waals surface area contributed by atoms with Crippen molar-refractivity contribution in [3.8, 4) is 11.5 Å². The third kappa shape index (κ3) is 4.49. The van der Waals surface area contributed by atoms with E-state index in [9.17, 15) is 19.5 Å². The molecule has 1 N–H and O–H groups in total. The Kier molecular flexibility index (Phi) is 6.49. The Morgan fingerprint density at radius 1 is 1.21 bits per heavy atom. The van der Waals surface area contributed by atoms with E-state index >= 15 is 0 Å². The lowest BCUT2D eigenvalue weighted by Crippen LogP contribution is -2.30. The molecule has 33 heavy (non-hydrogen) atoms. The number of aliphatic hydroxyl groups is 1. The van der Waals surface area contributed by atoms with Gasteiger partial charge in [0, 0.05) is 19.0 Å². The molecule has 1 atom stereocenters. The van der Waals surface area contributed by atoms with Crippen LogP contribution >= 0.6 is 0 Å². The molecule has 1 saturated heterocycles. The fourth-order valence-electron chi connectivity index (χ4n) is 4.36. The van der Waals surface area contributed by atoms with E-state index in [2.05, 4.69) is 0 Å². The van der Waals surface area contributed by atoms with E-state index in [0.29, 0.717) is 36.4 Å². The van der Waals surface area contributed by atoms with Gasteiger partial charge in [0.2, 0.25) is 0 Å². The van der Waals surface area contributed by atoms with Crippen LogP contribution in [-0.4, -0.2) is 40.8 Å². The average molecular weight is 450 g/mol. The van der Waals surface area contributed by atoms with Crippen LogP contribution in [0.3, 0.4) is 0 Å². The van der Waals surface area contributed by atoms with Crippen LogP contribution in [0.2, 0.25) is 0 Å². The minimum absolute atomic E-state index is 0.0350. The minimum atomic E-state index is -0.778. The smallest absolute Gasteiger partial charge is 0.308 e. The molecule has 7 heteroatoms. The molecule has 1 unspecified atom stereocenters. The topological polar surface area (TPSA) is 93.1 Å². The van der Waals surface area contributed by atoms with E-state index in [-0.39, 0.29) is 11.3 Å². The van der Waals surface area contributed by atoms with Gasteiger partial charge in [0.05, 0.1) is 18.2 Å². The van der Waals surface area contributed by atoms with Gasteiger partial charge in [0.25, 0.3) is 11.7 Å². The highest BCUT2D eigenvalue weighted by atomic mass is 16.5. The first kappa shape index (κ1) is 22.6. The van der Waals surface area contributed by atoms with Gasteiger partial charge in [-0.3, -0.25) is 14.4 Å². The summed E-state index contributed by atoms with van der Waals surface area (Å²) in [5, 5.41) is 11.3. The average Bonchev–Trinajstić information content (AvgIpc) is 3.06. The van der Waals surface area contributed by atoms with Crippen LogP contribution in [0.5, 0.6) is 11.5 Å². The maximum absolute atomic E-state index is 13.1. The van der Waals surface area contributed by atoms with Gasteiger partial charge in [-0.1, -0.05) is 25.5 Å². The highest BCUT2D eigenvalue weighted by Crippen LogP contribution is 2.41. The molecule has 0 aliphatic carbocycles. The van der Waals surface area contributed by atoms with Crippen LogP contribution in [0, 0.1) is 0 Å². The zero-order chi connectivity index (χ0) is 23.5. The van der Waals surface area contributed by atoms with E-state index in [4.69, 9.17) is 9.47 Å². The predicted octanol–water partition coefficient (Wildman–Crippen LogP) is 4.16. The highest BCUT2D eigenvalue weighted by Gasteiger charge is 2.45. The summed E-state index contributed by atoms with van der Waals surface area (Å²) in [6.07, 6.45) is 3.24. The van der Waals surface area contributed by atoms with E-state index in [1.54, 1.807) is 36.4 Å². The molecular formula is C26H27NO6. The summed E-state index contributed by atoms with van der Waals surface area (Å²) in [5.41, 5.74) is 2.05. The molecule has 0 spiro atoms. The Balaban J connectivity index is 1.83. The van der Waals surface area contributed by atoms with Crippen LogP contribution in [-0.2, 0) is 20.8 Å². The Hall–Kier alpha value is -3.61. The van der Waals surface area contributed by atoms with Crippen molar-refractivity contribution in [3.63, 3.8) is 0 Å². The van der Waals surface area contributed by atoms with Crippen molar-refractivity contribution in [3.05, 3.63) is 64.7 Å². The summed E-state index contributed by atoms with van der Waals surface area (Å²) in [6, 6.07) is 11.2. The molecule has 4 rings (SSSR count). The number of nitrogens with zero attached hydrogens (tertiary/aromatic N) is 1. The third-order valence-electron chi connectivity index (χ3n) is 5.91. The number of carbonyl (C=O) groups excluding carboxylic acids is 3. The van der Waals surface area contributed by atoms with Gasteiger partial charge in [-0.15, -0.1) is 0 Å². The number of likely N-dealkylation sites (tertiary alicyclic amines) is 1. The first-order valence-corrected chi connectivity index (χ1v) is 11.2. The number of hydrogen-bond acceptors (Lipinski definition) is 6. The van der Waals surface area contributed by atoms with Gasteiger partial charge < -0.3 is 19.5 Å². The number of unbranched alkanes of at least 4 members (excludes halogenated alkanes) is 1. The molecule has 1 fully saturated rings. The Bertz CT molecular complexity index is 1140. The molecule has 0 radical (unpaired) electrons. The minimum Gasteiger partial charge on any atom is -0.507 e. The third-order valence-corrected chi connectivity index (χ3v) is 5.91. The number of benzene rings is 2. The fourth-order valence-corrected chi connectivity index (χ4v) is 4.36. The Labute approximate surface area is 192 Å². The molecule has 2 aliphatic rings. The number of Topliss-reactive ketones (excluding diaryl/α,β-unsaturated/α-hetero) is 1. The number of aliphatic hydroxyl groups excluding tert-OH is 1. The summed E-state index contributed by atoms with van der Waals surface area (Å²) in [4.78, 5) is 39.0. The van der Waals surface area contributed by atoms with Crippen molar-refractivity contribution in [2.45, 2.75) is 45.6 Å². The molecule has 7 nitrogen and oxygen atoms in total. The second kappa shape index (κ2) is 9.48. The molecule has 0 saturated carbocycles. The van der Waals surface area contributed by atoms with Gasteiger partial charge in [0.1, 0.15) is 17.3 Å². The Morgan fingerprint density at radius 2 is 2.03 bits per heavy atom. The lowest BCUT2D eigenvalue weighted by molar-refractivity contribution is -0.139. The van der Waals surface area contributed by atoms with Crippen molar-refractivity contribution in [2.24, 2.45) is 0 Å². The number of ketones is 1. The first-order chi connectivity index (χ1) is 15.9. The van der Waals surface area contributed by atoms with E-state index < -0.39 is 23.7 Å². The van der Waals surface area contributed by atoms with E-state index in [1.165, 1.54) is 11.8 Å². The molecule has 0 bridgehead atoms. The van der Waals surface area contributed by atoms with Crippen LogP contribution < -0.4 is 9.47 Å². The van der Waals surface area contributed by atoms with E-state index in [1.807, 2.05) is 13.0 Å². The van der Waals surface area contributed by atoms with Gasteiger partial charge in [-0.2, -0.15) is 0 Å². The van der Waals surface area contributed by atoms with Gasteiger partial charge >= 0.3 is 5.97 Å². The number of rotatable bonds is 6. The lowest BCUT2D eigenvalue weighted by Gasteiger charge is -2.25. The zero-order valence-corrected chi connectivity index (χ0v) is 18.8. The summed E-state index contributed by atoms with van der Waals surface area (Å²) in [5.74, 6) is -0.972. The summed E-state index contributed by atoms with van der Waals surface area (Å²) in [7, 11) is 0. The lowest BCUT2D eigenvalue weighted by atomic mass is 9.94. The number of esters is 1. The fraction of sp³-hybridized carbons (Fsp3) is 0.346. The van der Waals surface area contributed by atoms with Crippen LogP contribution in [0.4, 0.5) is 0 Å². The highest BCUT2D eigenvalue weighted by molar-refractivity contribution is 6.46. The monoisotopic (exact) mass is 449 g/mol. The normalized spacial score (nSPS) is 19.2. The molecule has 2 aliphatic heterocycles. The number of aryl methyl sites for hydroxylation is 1. The second-order valence-corrected chi connectivity index (χ2v) is 8.29. The quantitative estimate of drug-likeness (QED) is 0.234. The van der Waals surface area contributed by atoms with Crippen molar-refractivity contribution in [1.29, 1.82) is 0 Å². The predicted molar refractivity (Wildman–Crippen MR) is 122 cm³/mol.